The first kappa shape index (κ1) is 12.1. The second-order valence-electron chi connectivity index (χ2n) is 3.23. The Labute approximate surface area is 80.2 Å². The van der Waals surface area contributed by atoms with E-state index in [1.54, 1.807) is 7.05 Å². The summed E-state index contributed by atoms with van der Waals surface area (Å²) in [4.78, 5) is 14.9. The summed E-state index contributed by atoms with van der Waals surface area (Å²) in [6.45, 7) is 3.73. The van der Waals surface area contributed by atoms with Crippen molar-refractivity contribution in [3.05, 3.63) is 0 Å². The molecule has 0 saturated heterocycles. The van der Waals surface area contributed by atoms with Crippen molar-refractivity contribution in [1.82, 2.24) is 0 Å². The zero-order chi connectivity index (χ0) is 10.1. The summed E-state index contributed by atoms with van der Waals surface area (Å²) in [6, 6.07) is 0. The van der Waals surface area contributed by atoms with Gasteiger partial charge in [0.15, 0.2) is 0 Å². The van der Waals surface area contributed by atoms with Gasteiger partial charge in [-0.3, -0.25) is 4.79 Å². The van der Waals surface area contributed by atoms with Crippen molar-refractivity contribution in [2.75, 3.05) is 7.05 Å². The molecular formula is C10H19NO2. The van der Waals surface area contributed by atoms with Gasteiger partial charge in [-0.25, -0.2) is 0 Å². The van der Waals surface area contributed by atoms with Crippen molar-refractivity contribution in [3.8, 4) is 0 Å². The van der Waals surface area contributed by atoms with Gasteiger partial charge in [0.05, 0.1) is 6.10 Å². The van der Waals surface area contributed by atoms with Gasteiger partial charge in [-0.15, -0.1) is 0 Å². The van der Waals surface area contributed by atoms with E-state index in [-0.39, 0.29) is 12.1 Å². The average molecular weight is 185 g/mol. The molecule has 0 aromatic rings. The highest BCUT2D eigenvalue weighted by Gasteiger charge is 2.03. The fourth-order valence-corrected chi connectivity index (χ4v) is 0.956. The van der Waals surface area contributed by atoms with Gasteiger partial charge in [0.2, 0.25) is 0 Å². The highest BCUT2D eigenvalue weighted by molar-refractivity contribution is 5.69. The van der Waals surface area contributed by atoms with E-state index >= 15 is 0 Å². The van der Waals surface area contributed by atoms with Crippen LogP contribution in [-0.2, 0) is 9.53 Å². The van der Waals surface area contributed by atoms with Gasteiger partial charge in [0, 0.05) is 13.5 Å². The molecule has 13 heavy (non-hydrogen) atoms. The molecule has 3 nitrogen and oxygen atoms in total. The molecule has 3 heteroatoms. The third kappa shape index (κ3) is 9.05. The smallest absolute Gasteiger partial charge is 0.306 e. The van der Waals surface area contributed by atoms with Gasteiger partial charge in [0.25, 0.3) is 0 Å². The van der Waals surface area contributed by atoms with E-state index in [9.17, 15) is 4.79 Å². The standard InChI is InChI=1S/C10H19NO2/c1-9(2)13-10(12)7-5-4-6-8-11-3/h8-9H,4-7H2,1-3H3/b11-8+. The molecular weight excluding hydrogens is 166 g/mol. The van der Waals surface area contributed by atoms with E-state index in [1.807, 2.05) is 20.1 Å². The summed E-state index contributed by atoms with van der Waals surface area (Å²) in [7, 11) is 1.76. The first-order chi connectivity index (χ1) is 6.16. The molecule has 0 heterocycles. The van der Waals surface area contributed by atoms with Crippen molar-refractivity contribution >= 4 is 12.2 Å². The van der Waals surface area contributed by atoms with Gasteiger partial charge in [-0.05, 0) is 39.3 Å². The zero-order valence-electron chi connectivity index (χ0n) is 8.75. The maximum Gasteiger partial charge on any atom is 0.306 e. The van der Waals surface area contributed by atoms with Gasteiger partial charge < -0.3 is 9.73 Å². The summed E-state index contributed by atoms with van der Waals surface area (Å²) >= 11 is 0. The molecule has 76 valence electrons. The maximum atomic E-state index is 11.0. The Kier molecular flexibility index (Phi) is 7.26. The van der Waals surface area contributed by atoms with Crippen molar-refractivity contribution < 1.29 is 9.53 Å². The molecule has 0 amide bonds. The number of carbonyl (C=O) groups is 1. The molecule has 0 bridgehead atoms. The lowest BCUT2D eigenvalue weighted by molar-refractivity contribution is -0.147. The summed E-state index contributed by atoms with van der Waals surface area (Å²) < 4.78 is 4.98. The van der Waals surface area contributed by atoms with E-state index in [1.165, 1.54) is 0 Å². The summed E-state index contributed by atoms with van der Waals surface area (Å²) in [5.41, 5.74) is 0. The molecule has 0 radical (unpaired) electrons. The molecule has 0 N–H and O–H groups in total. The van der Waals surface area contributed by atoms with Gasteiger partial charge >= 0.3 is 5.97 Å². The van der Waals surface area contributed by atoms with Crippen LogP contribution >= 0.6 is 0 Å². The van der Waals surface area contributed by atoms with Crippen molar-refractivity contribution in [2.45, 2.75) is 45.6 Å². The topological polar surface area (TPSA) is 38.7 Å². The molecule has 0 atom stereocenters. The Morgan fingerprint density at radius 2 is 2.15 bits per heavy atom. The summed E-state index contributed by atoms with van der Waals surface area (Å²) in [5, 5.41) is 0. The van der Waals surface area contributed by atoms with Crippen LogP contribution in [0.5, 0.6) is 0 Å². The Hall–Kier alpha value is -0.860. The predicted octanol–water partition coefficient (Wildman–Crippen LogP) is 2.20. The Balaban J connectivity index is 3.27. The minimum absolute atomic E-state index is 0.00436. The molecule has 0 fully saturated rings. The fourth-order valence-electron chi connectivity index (χ4n) is 0.956. The number of nitrogens with zero attached hydrogens (tertiary/aromatic N) is 1. The molecule has 0 aromatic carbocycles. The number of esters is 1. The first-order valence-corrected chi connectivity index (χ1v) is 4.77. The number of carbonyl (C=O) groups excluding carboxylic acids is 1. The molecule has 0 saturated carbocycles. The minimum Gasteiger partial charge on any atom is -0.463 e. The Morgan fingerprint density at radius 3 is 2.69 bits per heavy atom. The van der Waals surface area contributed by atoms with Crippen molar-refractivity contribution in [3.63, 3.8) is 0 Å². The second kappa shape index (κ2) is 7.77. The van der Waals surface area contributed by atoms with Crippen LogP contribution in [0.1, 0.15) is 39.5 Å². The van der Waals surface area contributed by atoms with Crippen LogP contribution < -0.4 is 0 Å². The molecule has 0 aliphatic rings. The number of aliphatic imine (C=N–C) groups is 1. The lowest BCUT2D eigenvalue weighted by atomic mass is 10.2. The zero-order valence-corrected chi connectivity index (χ0v) is 8.75. The molecule has 0 unspecified atom stereocenters. The van der Waals surface area contributed by atoms with Gasteiger partial charge in [-0.1, -0.05) is 0 Å². The monoisotopic (exact) mass is 185 g/mol. The third-order valence-corrected chi connectivity index (χ3v) is 1.51. The SMILES string of the molecule is C/N=C/CCCCC(=O)OC(C)C. The van der Waals surface area contributed by atoms with E-state index in [0.717, 1.165) is 19.3 Å². The van der Waals surface area contributed by atoms with Gasteiger partial charge in [-0.2, -0.15) is 0 Å². The van der Waals surface area contributed by atoms with Gasteiger partial charge in [0.1, 0.15) is 0 Å². The highest BCUT2D eigenvalue weighted by Crippen LogP contribution is 2.01. The molecule has 0 rings (SSSR count). The summed E-state index contributed by atoms with van der Waals surface area (Å²) in [6.07, 6.45) is 5.24. The van der Waals surface area contributed by atoms with Crippen LogP contribution in [0.25, 0.3) is 0 Å². The lowest BCUT2D eigenvalue weighted by Gasteiger charge is -2.06. The fraction of sp³-hybridized carbons (Fsp3) is 0.800. The van der Waals surface area contributed by atoms with E-state index in [2.05, 4.69) is 4.99 Å². The third-order valence-electron chi connectivity index (χ3n) is 1.51. The van der Waals surface area contributed by atoms with Crippen LogP contribution in [0.15, 0.2) is 4.99 Å². The van der Waals surface area contributed by atoms with Crippen LogP contribution in [0, 0.1) is 0 Å². The van der Waals surface area contributed by atoms with E-state index < -0.39 is 0 Å². The van der Waals surface area contributed by atoms with Crippen LogP contribution in [0.2, 0.25) is 0 Å². The molecule has 0 aliphatic heterocycles. The minimum atomic E-state index is -0.0940. The number of rotatable bonds is 6. The lowest BCUT2D eigenvalue weighted by Crippen LogP contribution is -2.10. The van der Waals surface area contributed by atoms with Crippen molar-refractivity contribution in [1.29, 1.82) is 0 Å². The number of ether oxygens (including phenoxy) is 1. The second-order valence-corrected chi connectivity index (χ2v) is 3.23. The highest BCUT2D eigenvalue weighted by atomic mass is 16.5. The number of hydrogen-bond donors (Lipinski definition) is 0. The molecule has 0 aliphatic carbocycles. The average Bonchev–Trinajstić information content (AvgIpc) is 2.02. The Morgan fingerprint density at radius 1 is 1.46 bits per heavy atom. The van der Waals surface area contributed by atoms with Crippen molar-refractivity contribution in [2.24, 2.45) is 4.99 Å². The Bertz CT molecular complexity index is 164. The first-order valence-electron chi connectivity index (χ1n) is 4.77. The number of hydrogen-bond acceptors (Lipinski definition) is 3. The number of unbranched alkanes of at least 4 members (excludes halogenated alkanes) is 2. The van der Waals surface area contributed by atoms with Crippen LogP contribution in [0.4, 0.5) is 0 Å². The van der Waals surface area contributed by atoms with Crippen LogP contribution in [0.3, 0.4) is 0 Å². The summed E-state index contributed by atoms with van der Waals surface area (Å²) in [5.74, 6) is -0.0940. The normalized spacial score (nSPS) is 11.1. The predicted molar refractivity (Wildman–Crippen MR) is 54.1 cm³/mol. The quantitative estimate of drug-likeness (QED) is 0.361. The maximum absolute atomic E-state index is 11.0. The van der Waals surface area contributed by atoms with E-state index in [4.69, 9.17) is 4.74 Å². The van der Waals surface area contributed by atoms with E-state index in [0.29, 0.717) is 6.42 Å². The largest absolute Gasteiger partial charge is 0.463 e. The van der Waals surface area contributed by atoms with Crippen LogP contribution in [-0.4, -0.2) is 25.3 Å². The molecule has 0 aromatic heterocycles. The molecule has 0 spiro atoms.